The van der Waals surface area contributed by atoms with Crippen molar-refractivity contribution < 1.29 is 43.3 Å². The number of ether oxygens (including phenoxy) is 1. The fourth-order valence-corrected chi connectivity index (χ4v) is 4.36. The third-order valence-electron chi connectivity index (χ3n) is 7.00. The molecule has 6 rings (SSSR count). The second kappa shape index (κ2) is 16.8. The molecule has 0 saturated heterocycles. The molecule has 0 saturated carbocycles. The average molecular weight is 660 g/mol. The highest BCUT2D eigenvalue weighted by molar-refractivity contribution is 6.58. The molecule has 4 N–H and O–H groups in total. The molecule has 0 aliphatic rings. The molecule has 0 unspecified atom stereocenters. The highest BCUT2D eigenvalue weighted by Crippen LogP contribution is 2.14. The summed E-state index contributed by atoms with van der Waals surface area (Å²) >= 11 is 0. The Bertz CT molecular complexity index is 2200. The number of para-hydroxylation sites is 2. The molecule has 6 aromatic rings. The van der Waals surface area contributed by atoms with Crippen molar-refractivity contribution in [2.24, 2.45) is 0 Å². The highest BCUT2D eigenvalue weighted by Gasteiger charge is 2.13. The molecule has 0 fully saturated rings. The Kier molecular flexibility index (Phi) is 12.4. The van der Waals surface area contributed by atoms with Gasteiger partial charge in [-0.3, -0.25) is 9.59 Å². The maximum absolute atomic E-state index is 12.2. The minimum atomic E-state index is -1.54. The predicted octanol–water partition coefficient (Wildman–Crippen LogP) is 2.74. The van der Waals surface area contributed by atoms with E-state index in [9.17, 15) is 19.2 Å². The van der Waals surface area contributed by atoms with Gasteiger partial charge in [-0.15, -0.1) is 0 Å². The normalized spacial score (nSPS) is 10.5. The number of methoxy groups -OCH3 is 1. The van der Waals surface area contributed by atoms with Crippen molar-refractivity contribution in [3.63, 3.8) is 0 Å². The van der Waals surface area contributed by atoms with Gasteiger partial charge >= 0.3 is 25.5 Å². The number of fused-ring (bicyclic) bond motifs is 2. The van der Waals surface area contributed by atoms with E-state index in [0.29, 0.717) is 38.8 Å². The van der Waals surface area contributed by atoms with Crippen molar-refractivity contribution in [3.8, 4) is 5.75 Å². The molecule has 246 valence electrons. The monoisotopic (exact) mass is 660 g/mol. The lowest BCUT2D eigenvalue weighted by atomic mass is 9.80. The van der Waals surface area contributed by atoms with Crippen LogP contribution in [0.1, 0.15) is 33.2 Å². The van der Waals surface area contributed by atoms with Gasteiger partial charge in [-0.25, -0.2) is 9.59 Å². The Morgan fingerprint density at radius 3 is 1.57 bits per heavy atom. The van der Waals surface area contributed by atoms with Gasteiger partial charge in [0, 0.05) is 10.8 Å². The summed E-state index contributed by atoms with van der Waals surface area (Å²) in [6.07, 6.45) is 2.83. The first-order valence-corrected chi connectivity index (χ1v) is 14.7. The predicted molar refractivity (Wildman–Crippen MR) is 187 cm³/mol. The van der Waals surface area contributed by atoms with Crippen LogP contribution >= 0.6 is 0 Å². The molecule has 49 heavy (non-hydrogen) atoms. The fraction of sp³-hybridized carbons (Fsp3) is 0.0556. The highest BCUT2D eigenvalue weighted by atomic mass is 16.5. The van der Waals surface area contributed by atoms with Gasteiger partial charge in [0.25, 0.3) is 0 Å². The lowest BCUT2D eigenvalue weighted by molar-refractivity contribution is 0.101. The standard InChI is InChI=1S/C18H13BO5.C11H8O3.C7H9BO3/c20-16(10-7-12-5-8-14(9-6-12)19(22)23)15-11-13-3-1-2-4-17(13)24-18(15)21;1-7(12)9-6-8-4-2-3-5-10(8)14-11(9)13;1-11-7-4-2-6(3-5-7)8(9)10/h1-11,22-23H;2-6H,1H3;2-5,9-10H,1H3/b10-7+;;. The summed E-state index contributed by atoms with van der Waals surface area (Å²) in [4.78, 5) is 46.5. The van der Waals surface area contributed by atoms with Crippen LogP contribution in [0, 0.1) is 0 Å². The number of carbonyl (C=O) groups is 2. The van der Waals surface area contributed by atoms with Crippen molar-refractivity contribution in [3.05, 3.63) is 153 Å². The smallest absolute Gasteiger partial charge is 0.488 e. The Hall–Kier alpha value is -5.85. The zero-order valence-corrected chi connectivity index (χ0v) is 26.3. The van der Waals surface area contributed by atoms with Crippen LogP contribution in [0.25, 0.3) is 28.0 Å². The summed E-state index contributed by atoms with van der Waals surface area (Å²) in [7, 11) is -1.38. The second-order valence-corrected chi connectivity index (χ2v) is 10.4. The van der Waals surface area contributed by atoms with E-state index >= 15 is 0 Å². The van der Waals surface area contributed by atoms with Crippen LogP contribution in [0.3, 0.4) is 0 Å². The Morgan fingerprint density at radius 1 is 0.653 bits per heavy atom. The molecule has 4 aromatic carbocycles. The summed E-state index contributed by atoms with van der Waals surface area (Å²) in [6, 6.07) is 30.1. The third kappa shape index (κ3) is 9.83. The lowest BCUT2D eigenvalue weighted by Gasteiger charge is -2.00. The quantitative estimate of drug-likeness (QED) is 0.0855. The van der Waals surface area contributed by atoms with Gasteiger partial charge in [-0.05, 0) is 65.9 Å². The SMILES string of the molecule is CC(=O)c1cc2ccccc2oc1=O.COc1ccc(B(O)O)cc1.O=C(/C=C/c1ccc(B(O)O)cc1)c1cc2ccccc2oc1=O. The van der Waals surface area contributed by atoms with E-state index in [4.69, 9.17) is 33.7 Å². The molecule has 13 heteroatoms. The Labute approximate surface area is 280 Å². The van der Waals surface area contributed by atoms with Crippen molar-refractivity contribution in [1.82, 2.24) is 0 Å². The first kappa shape index (κ1) is 36.0. The molecule has 0 aliphatic heterocycles. The number of carbonyl (C=O) groups excluding carboxylic acids is 2. The van der Waals surface area contributed by atoms with Crippen molar-refractivity contribution >= 4 is 64.7 Å². The Balaban J connectivity index is 0.000000183. The number of allylic oxidation sites excluding steroid dienone is 1. The van der Waals surface area contributed by atoms with E-state index in [1.165, 1.54) is 19.1 Å². The first-order valence-electron chi connectivity index (χ1n) is 14.7. The maximum atomic E-state index is 12.2. The zero-order chi connectivity index (χ0) is 35.5. The molecule has 0 amide bonds. The summed E-state index contributed by atoms with van der Waals surface area (Å²) < 4.78 is 15.0. The number of rotatable bonds is 7. The fourth-order valence-electron chi connectivity index (χ4n) is 4.36. The van der Waals surface area contributed by atoms with E-state index in [-0.39, 0.29) is 16.9 Å². The number of hydrogen-bond acceptors (Lipinski definition) is 11. The number of ketones is 2. The molecule has 11 nitrogen and oxygen atoms in total. The Morgan fingerprint density at radius 2 is 1.10 bits per heavy atom. The van der Waals surface area contributed by atoms with Gasteiger partial charge in [0.2, 0.25) is 0 Å². The van der Waals surface area contributed by atoms with Gasteiger partial charge in [-0.2, -0.15) is 0 Å². The van der Waals surface area contributed by atoms with E-state index in [0.717, 1.165) is 5.39 Å². The molecular formula is C36H30B2O11. The van der Waals surface area contributed by atoms with E-state index in [1.807, 2.05) is 6.07 Å². The molecule has 0 aliphatic carbocycles. The topological polar surface area (TPSA) is 185 Å². The summed E-state index contributed by atoms with van der Waals surface area (Å²) in [5, 5.41) is 36.9. The molecular weight excluding hydrogens is 630 g/mol. The average Bonchev–Trinajstić information content (AvgIpc) is 3.10. The number of hydrogen-bond donors (Lipinski definition) is 4. The second-order valence-electron chi connectivity index (χ2n) is 10.4. The molecule has 0 spiro atoms. The van der Waals surface area contributed by atoms with Gasteiger partial charge in [-0.1, -0.05) is 78.9 Å². The van der Waals surface area contributed by atoms with Crippen LogP contribution in [-0.4, -0.2) is 53.0 Å². The summed E-state index contributed by atoms with van der Waals surface area (Å²) in [5.41, 5.74) is 1.26. The third-order valence-corrected chi connectivity index (χ3v) is 7.00. The van der Waals surface area contributed by atoms with E-state index < -0.39 is 31.3 Å². The maximum Gasteiger partial charge on any atom is 0.488 e. The van der Waals surface area contributed by atoms with Crippen LogP contribution in [0.2, 0.25) is 0 Å². The molecule has 2 heterocycles. The van der Waals surface area contributed by atoms with Crippen LogP contribution in [0.5, 0.6) is 5.75 Å². The number of benzene rings is 4. The largest absolute Gasteiger partial charge is 0.497 e. The molecule has 0 atom stereocenters. The summed E-state index contributed by atoms with van der Waals surface area (Å²) in [6.45, 7) is 1.35. The molecule has 0 bridgehead atoms. The van der Waals surface area contributed by atoms with Gasteiger partial charge < -0.3 is 33.7 Å². The van der Waals surface area contributed by atoms with Gasteiger partial charge in [0.05, 0.1) is 7.11 Å². The van der Waals surface area contributed by atoms with Gasteiger partial charge in [0.1, 0.15) is 28.0 Å². The van der Waals surface area contributed by atoms with Crippen LogP contribution < -0.4 is 26.9 Å². The minimum Gasteiger partial charge on any atom is -0.497 e. The lowest BCUT2D eigenvalue weighted by Crippen LogP contribution is -2.29. The summed E-state index contributed by atoms with van der Waals surface area (Å²) in [5.74, 6) is -0.0281. The van der Waals surface area contributed by atoms with Crippen molar-refractivity contribution in [1.29, 1.82) is 0 Å². The number of Topliss-reactive ketones (excluding diaryl/α,β-unsaturated/α-hetero) is 1. The van der Waals surface area contributed by atoms with Crippen LogP contribution in [0.15, 0.2) is 134 Å². The molecule has 0 radical (unpaired) electrons. The van der Waals surface area contributed by atoms with Crippen LogP contribution in [-0.2, 0) is 0 Å². The van der Waals surface area contributed by atoms with Crippen LogP contribution in [0.4, 0.5) is 0 Å². The van der Waals surface area contributed by atoms with E-state index in [1.54, 1.807) is 110 Å². The van der Waals surface area contributed by atoms with Gasteiger partial charge in [0.15, 0.2) is 11.6 Å². The van der Waals surface area contributed by atoms with Crippen molar-refractivity contribution in [2.45, 2.75) is 6.92 Å². The molecule has 2 aromatic heterocycles. The van der Waals surface area contributed by atoms with E-state index in [2.05, 4.69) is 0 Å². The minimum absolute atomic E-state index is 0.0349. The zero-order valence-electron chi connectivity index (χ0n) is 26.3. The first-order chi connectivity index (χ1) is 23.5. The van der Waals surface area contributed by atoms with Crippen molar-refractivity contribution in [2.75, 3.05) is 7.11 Å².